The number of carbonyl (C=O) groups is 1. The molecule has 0 saturated carbocycles. The third-order valence-corrected chi connectivity index (χ3v) is 3.65. The summed E-state index contributed by atoms with van der Waals surface area (Å²) in [6.07, 6.45) is 1.07. The summed E-state index contributed by atoms with van der Waals surface area (Å²) in [5, 5.41) is 1.56. The van der Waals surface area contributed by atoms with Gasteiger partial charge in [0, 0.05) is 6.26 Å². The van der Waals surface area contributed by atoms with Crippen LogP contribution < -0.4 is 0 Å². The minimum absolute atomic E-state index is 0.0425. The fraction of sp³-hybridized carbons (Fsp3) is 0.375. The molecule has 0 aliphatic heterocycles. The summed E-state index contributed by atoms with van der Waals surface area (Å²) >= 11 is 1.07. The Morgan fingerprint density at radius 2 is 2.21 bits per heavy atom. The lowest BCUT2D eigenvalue weighted by Gasteiger charge is -2.01. The molecule has 0 radical (unpaired) electrons. The average Bonchev–Trinajstić information content (AvgIpc) is 2.50. The fourth-order valence-electron chi connectivity index (χ4n) is 0.935. The molecule has 1 rings (SSSR count). The molecule has 0 aromatic carbocycles. The lowest BCUT2D eigenvalue weighted by molar-refractivity contribution is 0.0528. The van der Waals surface area contributed by atoms with E-state index < -0.39 is 15.8 Å². The molecule has 0 aliphatic rings. The van der Waals surface area contributed by atoms with E-state index in [2.05, 4.69) is 0 Å². The molecule has 0 N–H and O–H groups in total. The van der Waals surface area contributed by atoms with Crippen molar-refractivity contribution in [3.8, 4) is 0 Å². The lowest BCUT2D eigenvalue weighted by Crippen LogP contribution is -2.07. The Hall–Kier alpha value is -0.880. The van der Waals surface area contributed by atoms with Crippen LogP contribution in [0.4, 0.5) is 0 Å². The minimum atomic E-state index is -3.34. The van der Waals surface area contributed by atoms with E-state index in [0.29, 0.717) is 0 Å². The van der Waals surface area contributed by atoms with E-state index in [1.165, 1.54) is 6.07 Å². The van der Waals surface area contributed by atoms with Gasteiger partial charge in [-0.3, -0.25) is 0 Å². The van der Waals surface area contributed by atoms with Crippen molar-refractivity contribution in [2.24, 2.45) is 0 Å². The largest absolute Gasteiger partial charge is 0.462 e. The smallest absolute Gasteiger partial charge is 0.349 e. The molecule has 0 unspecified atom stereocenters. The second-order valence-electron chi connectivity index (χ2n) is 2.61. The molecule has 1 aromatic heterocycles. The van der Waals surface area contributed by atoms with Crippen LogP contribution in [0.2, 0.25) is 0 Å². The molecule has 0 fully saturated rings. The molecular formula is C8H10O4S2. The molecule has 78 valence electrons. The molecule has 14 heavy (non-hydrogen) atoms. The molecule has 1 aromatic rings. The third kappa shape index (κ3) is 2.33. The summed E-state index contributed by atoms with van der Waals surface area (Å²) < 4.78 is 27.2. The van der Waals surface area contributed by atoms with Gasteiger partial charge in [0.1, 0.15) is 4.88 Å². The average molecular weight is 234 g/mol. The summed E-state index contributed by atoms with van der Waals surface area (Å²) in [4.78, 5) is 11.5. The van der Waals surface area contributed by atoms with Crippen LogP contribution in [0.15, 0.2) is 16.3 Å². The second kappa shape index (κ2) is 4.10. The highest BCUT2D eigenvalue weighted by Crippen LogP contribution is 2.22. The van der Waals surface area contributed by atoms with Crippen LogP contribution >= 0.6 is 11.3 Å². The highest BCUT2D eigenvalue weighted by molar-refractivity contribution is 7.91. The van der Waals surface area contributed by atoms with Gasteiger partial charge in [0.2, 0.25) is 0 Å². The van der Waals surface area contributed by atoms with Gasteiger partial charge in [0.05, 0.1) is 11.5 Å². The van der Waals surface area contributed by atoms with E-state index in [4.69, 9.17) is 4.74 Å². The van der Waals surface area contributed by atoms with Gasteiger partial charge in [-0.25, -0.2) is 13.2 Å². The number of ether oxygens (including phenoxy) is 1. The van der Waals surface area contributed by atoms with Gasteiger partial charge in [0.15, 0.2) is 9.84 Å². The lowest BCUT2D eigenvalue weighted by atomic mass is 10.5. The van der Waals surface area contributed by atoms with Gasteiger partial charge >= 0.3 is 5.97 Å². The predicted molar refractivity (Wildman–Crippen MR) is 53.4 cm³/mol. The zero-order valence-electron chi connectivity index (χ0n) is 7.81. The summed E-state index contributed by atoms with van der Waals surface area (Å²) in [5.74, 6) is -0.581. The molecule has 0 spiro atoms. The number of thiophene rings is 1. The van der Waals surface area contributed by atoms with Crippen LogP contribution in [-0.4, -0.2) is 27.2 Å². The van der Waals surface area contributed by atoms with Gasteiger partial charge in [-0.05, 0) is 18.4 Å². The van der Waals surface area contributed by atoms with E-state index in [-0.39, 0.29) is 16.4 Å². The Kier molecular flexibility index (Phi) is 3.28. The van der Waals surface area contributed by atoms with Crippen LogP contribution in [0.1, 0.15) is 16.6 Å². The van der Waals surface area contributed by atoms with Crippen LogP contribution in [0.3, 0.4) is 0 Å². The molecule has 0 amide bonds. The van der Waals surface area contributed by atoms with Crippen LogP contribution in [0.25, 0.3) is 0 Å². The molecule has 0 saturated heterocycles. The van der Waals surface area contributed by atoms with Gasteiger partial charge in [-0.2, -0.15) is 0 Å². The summed E-state index contributed by atoms with van der Waals surface area (Å²) in [5.41, 5.74) is 0. The number of esters is 1. The summed E-state index contributed by atoms with van der Waals surface area (Å²) in [7, 11) is -3.34. The molecule has 0 bridgehead atoms. The standard InChI is InChI=1S/C8H10O4S2/c1-3-12-8(9)7-6(4-5-13-7)14(2,10)11/h4-5H,3H2,1-2H3. The number of rotatable bonds is 3. The molecule has 1 heterocycles. The first-order valence-corrected chi connectivity index (χ1v) is 6.68. The number of hydrogen-bond donors (Lipinski definition) is 0. The Bertz CT molecular complexity index is 430. The normalized spacial score (nSPS) is 11.3. The van der Waals surface area contributed by atoms with Gasteiger partial charge in [-0.1, -0.05) is 0 Å². The first-order valence-electron chi connectivity index (χ1n) is 3.91. The Labute approximate surface area is 86.4 Å². The van der Waals surface area contributed by atoms with Crippen molar-refractivity contribution >= 4 is 27.1 Å². The Morgan fingerprint density at radius 1 is 1.57 bits per heavy atom. The van der Waals surface area contributed by atoms with Crippen molar-refractivity contribution in [1.29, 1.82) is 0 Å². The fourth-order valence-corrected chi connectivity index (χ4v) is 3.03. The monoisotopic (exact) mass is 234 g/mol. The molecule has 4 nitrogen and oxygen atoms in total. The molecular weight excluding hydrogens is 224 g/mol. The molecule has 0 aliphatic carbocycles. The van der Waals surface area contributed by atoms with Gasteiger partial charge in [-0.15, -0.1) is 11.3 Å². The number of sulfone groups is 1. The van der Waals surface area contributed by atoms with Crippen molar-refractivity contribution in [3.05, 3.63) is 16.3 Å². The van der Waals surface area contributed by atoms with E-state index >= 15 is 0 Å². The first-order chi connectivity index (χ1) is 6.46. The van der Waals surface area contributed by atoms with Gasteiger partial charge in [0.25, 0.3) is 0 Å². The van der Waals surface area contributed by atoms with Crippen LogP contribution in [0, 0.1) is 0 Å². The van der Waals surface area contributed by atoms with E-state index in [1.807, 2.05) is 0 Å². The summed E-state index contributed by atoms with van der Waals surface area (Å²) in [6.45, 7) is 1.91. The van der Waals surface area contributed by atoms with Crippen molar-refractivity contribution in [2.45, 2.75) is 11.8 Å². The number of hydrogen-bond acceptors (Lipinski definition) is 5. The Balaban J connectivity index is 3.12. The van der Waals surface area contributed by atoms with E-state index in [9.17, 15) is 13.2 Å². The van der Waals surface area contributed by atoms with Crippen molar-refractivity contribution in [3.63, 3.8) is 0 Å². The van der Waals surface area contributed by atoms with Crippen molar-refractivity contribution < 1.29 is 17.9 Å². The zero-order valence-corrected chi connectivity index (χ0v) is 9.44. The van der Waals surface area contributed by atoms with Crippen molar-refractivity contribution in [2.75, 3.05) is 12.9 Å². The van der Waals surface area contributed by atoms with Gasteiger partial charge < -0.3 is 4.74 Å². The first kappa shape index (κ1) is 11.2. The third-order valence-electron chi connectivity index (χ3n) is 1.49. The minimum Gasteiger partial charge on any atom is -0.462 e. The van der Waals surface area contributed by atoms with E-state index in [0.717, 1.165) is 17.6 Å². The van der Waals surface area contributed by atoms with E-state index in [1.54, 1.807) is 12.3 Å². The molecule has 0 atom stereocenters. The van der Waals surface area contributed by atoms with Crippen molar-refractivity contribution in [1.82, 2.24) is 0 Å². The highest BCUT2D eigenvalue weighted by atomic mass is 32.2. The SMILES string of the molecule is CCOC(=O)c1sccc1S(C)(=O)=O. The quantitative estimate of drug-likeness (QED) is 0.740. The van der Waals surface area contributed by atoms with Crippen LogP contribution in [0.5, 0.6) is 0 Å². The maximum absolute atomic E-state index is 11.3. The maximum Gasteiger partial charge on any atom is 0.349 e. The highest BCUT2D eigenvalue weighted by Gasteiger charge is 2.20. The number of carbonyl (C=O) groups excluding carboxylic acids is 1. The summed E-state index contributed by atoms with van der Waals surface area (Å²) in [6, 6.07) is 1.41. The maximum atomic E-state index is 11.3. The van der Waals surface area contributed by atoms with Crippen LogP contribution in [-0.2, 0) is 14.6 Å². The molecule has 6 heteroatoms. The topological polar surface area (TPSA) is 60.4 Å². The Morgan fingerprint density at radius 3 is 2.71 bits per heavy atom. The zero-order chi connectivity index (χ0) is 10.8. The predicted octanol–water partition coefficient (Wildman–Crippen LogP) is 1.33. The second-order valence-corrected chi connectivity index (χ2v) is 5.51.